The second-order valence-electron chi connectivity index (χ2n) is 6.82. The van der Waals surface area contributed by atoms with Crippen LogP contribution in [0.5, 0.6) is 5.75 Å². The summed E-state index contributed by atoms with van der Waals surface area (Å²) in [7, 11) is 1.62. The molecule has 1 aliphatic heterocycles. The third kappa shape index (κ3) is 2.94. The SMILES string of the molecule is COc1ccc(-c2nnc3ccc(N4CCc5ccccc5CC4)nn23)nc1. The number of hydrogen-bond donors (Lipinski definition) is 0. The maximum absolute atomic E-state index is 5.18. The fourth-order valence-electron chi connectivity index (χ4n) is 3.64. The molecule has 7 nitrogen and oxygen atoms in total. The van der Waals surface area contributed by atoms with Crippen molar-refractivity contribution in [2.75, 3.05) is 25.1 Å². The first-order valence-electron chi connectivity index (χ1n) is 9.36. The number of benzene rings is 1. The number of fused-ring (bicyclic) bond motifs is 2. The first kappa shape index (κ1) is 16.7. The highest BCUT2D eigenvalue weighted by Gasteiger charge is 2.17. The van der Waals surface area contributed by atoms with Gasteiger partial charge in [-0.25, -0.2) is 4.98 Å². The molecule has 28 heavy (non-hydrogen) atoms. The van der Waals surface area contributed by atoms with Crippen LogP contribution in [0.2, 0.25) is 0 Å². The van der Waals surface area contributed by atoms with Crippen molar-refractivity contribution in [2.24, 2.45) is 0 Å². The molecule has 0 radical (unpaired) electrons. The quantitative estimate of drug-likeness (QED) is 0.551. The van der Waals surface area contributed by atoms with Crippen molar-refractivity contribution < 1.29 is 4.74 Å². The zero-order valence-corrected chi connectivity index (χ0v) is 15.6. The topological polar surface area (TPSA) is 68.4 Å². The van der Waals surface area contributed by atoms with E-state index < -0.39 is 0 Å². The van der Waals surface area contributed by atoms with E-state index in [1.165, 1.54) is 11.1 Å². The van der Waals surface area contributed by atoms with E-state index in [1.807, 2.05) is 24.3 Å². The molecular weight excluding hydrogens is 352 g/mol. The normalized spacial score (nSPS) is 14.0. The predicted octanol–water partition coefficient (Wildman–Crippen LogP) is 2.80. The number of nitrogens with zero attached hydrogens (tertiary/aromatic N) is 6. The van der Waals surface area contributed by atoms with Crippen molar-refractivity contribution in [3.05, 3.63) is 65.9 Å². The molecule has 1 aromatic carbocycles. The van der Waals surface area contributed by atoms with E-state index in [-0.39, 0.29) is 0 Å². The van der Waals surface area contributed by atoms with E-state index in [1.54, 1.807) is 17.8 Å². The highest BCUT2D eigenvalue weighted by Crippen LogP contribution is 2.22. The second-order valence-corrected chi connectivity index (χ2v) is 6.82. The summed E-state index contributed by atoms with van der Waals surface area (Å²) in [6.07, 6.45) is 3.71. The van der Waals surface area contributed by atoms with Crippen LogP contribution < -0.4 is 9.64 Å². The number of rotatable bonds is 3. The van der Waals surface area contributed by atoms with Gasteiger partial charge < -0.3 is 9.64 Å². The van der Waals surface area contributed by atoms with Crippen molar-refractivity contribution in [3.63, 3.8) is 0 Å². The van der Waals surface area contributed by atoms with E-state index in [2.05, 4.69) is 44.3 Å². The van der Waals surface area contributed by atoms with Gasteiger partial charge in [0.1, 0.15) is 17.3 Å². The van der Waals surface area contributed by atoms with Gasteiger partial charge in [0, 0.05) is 13.1 Å². The molecule has 4 heterocycles. The number of anilines is 1. The Kier molecular flexibility index (Phi) is 4.12. The number of aromatic nitrogens is 5. The zero-order chi connectivity index (χ0) is 18.9. The Morgan fingerprint density at radius 1 is 0.893 bits per heavy atom. The predicted molar refractivity (Wildman–Crippen MR) is 107 cm³/mol. The minimum absolute atomic E-state index is 0.623. The lowest BCUT2D eigenvalue weighted by molar-refractivity contribution is 0.413. The van der Waals surface area contributed by atoms with Gasteiger partial charge in [0.2, 0.25) is 5.82 Å². The Balaban J connectivity index is 1.48. The van der Waals surface area contributed by atoms with E-state index in [4.69, 9.17) is 9.84 Å². The maximum Gasteiger partial charge on any atom is 0.203 e. The Morgan fingerprint density at radius 2 is 1.68 bits per heavy atom. The molecule has 5 rings (SSSR count). The van der Waals surface area contributed by atoms with Crippen LogP contribution >= 0.6 is 0 Å². The zero-order valence-electron chi connectivity index (χ0n) is 15.6. The molecule has 0 fully saturated rings. The van der Waals surface area contributed by atoms with Crippen LogP contribution in [0.1, 0.15) is 11.1 Å². The Hall–Kier alpha value is -3.48. The Bertz CT molecular complexity index is 1090. The molecule has 7 heteroatoms. The van der Waals surface area contributed by atoms with Gasteiger partial charge in [-0.3, -0.25) is 0 Å². The highest BCUT2D eigenvalue weighted by molar-refractivity contribution is 5.56. The summed E-state index contributed by atoms with van der Waals surface area (Å²) in [6.45, 7) is 1.88. The van der Waals surface area contributed by atoms with Gasteiger partial charge in [-0.15, -0.1) is 15.3 Å². The highest BCUT2D eigenvalue weighted by atomic mass is 16.5. The van der Waals surface area contributed by atoms with E-state index >= 15 is 0 Å². The molecule has 0 bridgehead atoms. The molecule has 1 aliphatic rings. The molecule has 3 aromatic heterocycles. The van der Waals surface area contributed by atoms with Gasteiger partial charge >= 0.3 is 0 Å². The van der Waals surface area contributed by atoms with Crippen LogP contribution in [0.3, 0.4) is 0 Å². The molecule has 0 saturated heterocycles. The summed E-state index contributed by atoms with van der Waals surface area (Å²) < 4.78 is 6.95. The molecule has 4 aromatic rings. The largest absolute Gasteiger partial charge is 0.495 e. The number of ether oxygens (including phenoxy) is 1. The Morgan fingerprint density at radius 3 is 2.36 bits per heavy atom. The third-order valence-corrected chi connectivity index (χ3v) is 5.19. The lowest BCUT2D eigenvalue weighted by atomic mass is 10.0. The van der Waals surface area contributed by atoms with Crippen LogP contribution in [-0.4, -0.2) is 45.0 Å². The van der Waals surface area contributed by atoms with Gasteiger partial charge in [-0.2, -0.15) is 4.52 Å². The Labute approximate surface area is 162 Å². The van der Waals surface area contributed by atoms with Gasteiger partial charge in [0.15, 0.2) is 5.65 Å². The van der Waals surface area contributed by atoms with Gasteiger partial charge in [0.25, 0.3) is 0 Å². The van der Waals surface area contributed by atoms with Gasteiger partial charge in [-0.1, -0.05) is 24.3 Å². The molecule has 0 atom stereocenters. The van der Waals surface area contributed by atoms with E-state index in [9.17, 15) is 0 Å². The minimum Gasteiger partial charge on any atom is -0.495 e. The van der Waals surface area contributed by atoms with Crippen LogP contribution in [0.15, 0.2) is 54.7 Å². The number of hydrogen-bond acceptors (Lipinski definition) is 6. The van der Waals surface area contributed by atoms with Crippen molar-refractivity contribution >= 4 is 11.5 Å². The lowest BCUT2D eigenvalue weighted by Gasteiger charge is -2.21. The molecule has 0 saturated carbocycles. The van der Waals surface area contributed by atoms with E-state index in [0.717, 1.165) is 31.7 Å². The number of methoxy groups -OCH3 is 1. The molecule has 140 valence electrons. The van der Waals surface area contributed by atoms with Crippen molar-refractivity contribution in [1.82, 2.24) is 24.8 Å². The monoisotopic (exact) mass is 372 g/mol. The van der Waals surface area contributed by atoms with Gasteiger partial charge in [-0.05, 0) is 48.2 Å². The summed E-state index contributed by atoms with van der Waals surface area (Å²) >= 11 is 0. The summed E-state index contributed by atoms with van der Waals surface area (Å²) in [4.78, 5) is 6.75. The number of pyridine rings is 1. The first-order valence-corrected chi connectivity index (χ1v) is 9.36. The van der Waals surface area contributed by atoms with E-state index in [0.29, 0.717) is 22.9 Å². The third-order valence-electron chi connectivity index (χ3n) is 5.19. The lowest BCUT2D eigenvalue weighted by Crippen LogP contribution is -2.27. The minimum atomic E-state index is 0.623. The molecule has 0 amide bonds. The molecule has 0 N–H and O–H groups in total. The average molecular weight is 372 g/mol. The van der Waals surface area contributed by atoms with Gasteiger partial charge in [0.05, 0.1) is 13.3 Å². The van der Waals surface area contributed by atoms with Crippen LogP contribution in [0.25, 0.3) is 17.2 Å². The van der Waals surface area contributed by atoms with Crippen LogP contribution in [-0.2, 0) is 12.8 Å². The average Bonchev–Trinajstić information content (AvgIpc) is 3.05. The molecule has 0 unspecified atom stereocenters. The first-order chi connectivity index (χ1) is 13.8. The molecular formula is C21H20N6O. The van der Waals surface area contributed by atoms with Crippen LogP contribution in [0, 0.1) is 0 Å². The summed E-state index contributed by atoms with van der Waals surface area (Å²) in [5.74, 6) is 2.25. The second kappa shape index (κ2) is 6.92. The summed E-state index contributed by atoms with van der Waals surface area (Å²) in [5, 5.41) is 13.4. The maximum atomic E-state index is 5.18. The van der Waals surface area contributed by atoms with Crippen molar-refractivity contribution in [1.29, 1.82) is 0 Å². The fourth-order valence-corrected chi connectivity index (χ4v) is 3.64. The molecule has 0 spiro atoms. The smallest absolute Gasteiger partial charge is 0.203 e. The standard InChI is InChI=1S/C21H20N6O/c1-28-17-6-7-18(22-14-17)21-24-23-19-8-9-20(25-27(19)21)26-12-10-15-4-2-3-5-16(15)11-13-26/h2-9,14H,10-13H2,1H3. The summed E-state index contributed by atoms with van der Waals surface area (Å²) in [6, 6.07) is 16.4. The summed E-state index contributed by atoms with van der Waals surface area (Å²) in [5.41, 5.74) is 4.27. The van der Waals surface area contributed by atoms with Crippen LogP contribution in [0.4, 0.5) is 5.82 Å². The fraction of sp³-hybridized carbons (Fsp3) is 0.238. The van der Waals surface area contributed by atoms with Crippen molar-refractivity contribution in [2.45, 2.75) is 12.8 Å². The molecule has 0 aliphatic carbocycles. The van der Waals surface area contributed by atoms with Crippen molar-refractivity contribution in [3.8, 4) is 17.3 Å².